The van der Waals surface area contributed by atoms with Gasteiger partial charge >= 0.3 is 0 Å². The Hall–Kier alpha value is -15.3. The molecule has 4 aliphatic carbocycles. The molecule has 4 unspecified atom stereocenters. The molecule has 0 radical (unpaired) electrons. The number of nitrogens with zero attached hydrogens (tertiary/aromatic N) is 22. The summed E-state index contributed by atoms with van der Waals surface area (Å²) in [4.78, 5) is 64.7. The van der Waals surface area contributed by atoms with E-state index < -0.39 is 24.4 Å². The zero-order chi connectivity index (χ0) is 97.4. The quantitative estimate of drug-likeness (QED) is 0.0171. The molecule has 19 aromatic rings. The topological polar surface area (TPSA) is 501 Å². The zero-order valence-electron chi connectivity index (χ0n) is 79.0. The maximum absolute atomic E-state index is 12.5. The van der Waals surface area contributed by atoms with Crippen LogP contribution in [0.3, 0.4) is 0 Å². The van der Waals surface area contributed by atoms with Crippen LogP contribution in [0.15, 0.2) is 205 Å². The van der Waals surface area contributed by atoms with Crippen molar-refractivity contribution in [3.8, 4) is 68.5 Å². The van der Waals surface area contributed by atoms with Crippen molar-refractivity contribution in [2.24, 2.45) is 11.5 Å². The number of hydrogen-bond donors (Lipinski definition) is 13. The van der Waals surface area contributed by atoms with Gasteiger partial charge in [0, 0.05) is 103 Å². The maximum Gasteiger partial charge on any atom is 0.253 e. The summed E-state index contributed by atoms with van der Waals surface area (Å²) in [6, 6.07) is 45.9. The molecular formula is C101H111N31O9S. The maximum atomic E-state index is 12.5. The van der Waals surface area contributed by atoms with Crippen molar-refractivity contribution in [1.29, 1.82) is 0 Å². The number of anilines is 4. The van der Waals surface area contributed by atoms with Gasteiger partial charge in [0.2, 0.25) is 0 Å². The molecule has 0 amide bonds. The van der Waals surface area contributed by atoms with Gasteiger partial charge in [0.1, 0.15) is 103 Å². The summed E-state index contributed by atoms with van der Waals surface area (Å²) in [6.45, 7) is 9.62. The normalized spacial score (nSPS) is 14.4. The molecule has 40 nitrogen and oxygen atoms in total. The van der Waals surface area contributed by atoms with E-state index in [2.05, 4.69) is 80.4 Å². The van der Waals surface area contributed by atoms with Crippen molar-refractivity contribution < 1.29 is 39.4 Å². The van der Waals surface area contributed by atoms with Crippen LogP contribution in [0, 0.1) is 20.8 Å². The largest absolute Gasteiger partial charge is 0.491 e. The number of aromatic nitrogens is 23. The highest BCUT2D eigenvalue weighted by molar-refractivity contribution is 7.15. The van der Waals surface area contributed by atoms with E-state index in [1.54, 1.807) is 37.8 Å². The van der Waals surface area contributed by atoms with E-state index in [-0.39, 0.29) is 45.1 Å². The first kappa shape index (κ1) is 94.3. The number of pyridine rings is 3. The molecule has 0 aliphatic heterocycles. The van der Waals surface area contributed by atoms with Gasteiger partial charge in [-0.3, -0.25) is 9.20 Å². The summed E-state index contributed by atoms with van der Waals surface area (Å²) in [5.41, 5.74) is 25.7. The Morgan fingerprint density at radius 2 is 0.824 bits per heavy atom. The standard InChI is InChI=1S/2C26H28N8O2.C26H31N7O3.C23H24N8O2S/c1-16-4-3-9-33-14-18(30-25(16)33)12-28-24-22-13-29-34(19-7-8-19)26(22)32-23(31-24)17-5-2-6-21(10-17)36-15-20(35)11-27;1-27-14-21(35)16-36-22-7-2-4-17(12-22)24-31-25(23-15-30-34(19-8-9-19)26(23)32-24)28-13-20-6-3-5-18-10-11-29-33(18)20;1-15-9-16(2)30-26(35)21(15)12-28-24-22-13-29-33(18-7-8-18)25(22)32-23(31-24)17-5-4-6-20(10-17)36-14-19(34)11-27-3;24-9-17(32)13-33-18-3-1-2-14(8-18)20-28-21(19-11-26-31(16-4-5-16)22(19)29-20)25-10-15-12-30-6-7-34-23(30)27-15/h2-6,9-10,13-14,19-20,35H,7-8,11-12,15,27H2,1H3,(H,28,31,32);2-7,10-12,15,19,21,27,35H,8-9,13-14,16H2,1H3,(H,28,31,32);4-6,9-10,13,18-19,27,34H,7-8,11-12,14H2,1-3H3,(H,30,35)(H,28,31,32);1-3,6-8,11-12,16-17,32H,4-5,9-10,13,24H2,(H,25,28,29). The van der Waals surface area contributed by atoms with Crippen LogP contribution in [0.4, 0.5) is 23.3 Å². The molecule has 4 aromatic carbocycles. The highest BCUT2D eigenvalue weighted by atomic mass is 32.1. The van der Waals surface area contributed by atoms with E-state index >= 15 is 0 Å². The summed E-state index contributed by atoms with van der Waals surface area (Å²) < 4.78 is 36.9. The third kappa shape index (κ3) is 22.0. The molecule has 142 heavy (non-hydrogen) atoms. The van der Waals surface area contributed by atoms with Crippen LogP contribution < -0.4 is 67.9 Å². The fourth-order valence-corrected chi connectivity index (χ4v) is 17.3. The number of hydrogen-bond acceptors (Lipinski definition) is 33. The number of nitrogens with one attached hydrogen (secondary N) is 7. The molecule has 15 heterocycles. The third-order valence-corrected chi connectivity index (χ3v) is 25.3. The van der Waals surface area contributed by atoms with E-state index in [0.717, 1.165) is 174 Å². The average Bonchev–Trinajstić information content (AvgIpc) is 1.60. The van der Waals surface area contributed by atoms with Gasteiger partial charge in [-0.25, -0.2) is 73.1 Å². The minimum absolute atomic E-state index is 0.107. The molecule has 0 spiro atoms. The Morgan fingerprint density at radius 1 is 0.423 bits per heavy atom. The summed E-state index contributed by atoms with van der Waals surface area (Å²) in [7, 11) is 3.58. The van der Waals surface area contributed by atoms with Crippen LogP contribution in [0.5, 0.6) is 23.0 Å². The summed E-state index contributed by atoms with van der Waals surface area (Å²) in [5, 5.41) is 87.4. The van der Waals surface area contributed by atoms with Crippen LogP contribution in [0.2, 0.25) is 0 Å². The van der Waals surface area contributed by atoms with E-state index in [1.165, 1.54) is 0 Å². The number of imidazole rings is 2. The highest BCUT2D eigenvalue weighted by Gasteiger charge is 2.33. The Bertz CT molecular complexity index is 7710. The van der Waals surface area contributed by atoms with Crippen molar-refractivity contribution in [1.82, 2.24) is 123 Å². The van der Waals surface area contributed by atoms with Crippen molar-refractivity contribution in [2.75, 3.05) is 88.0 Å². The molecule has 4 fully saturated rings. The second-order valence-electron chi connectivity index (χ2n) is 35.9. The molecule has 4 saturated carbocycles. The molecule has 4 aliphatic rings. The summed E-state index contributed by atoms with van der Waals surface area (Å²) in [5.74, 6) is 7.56. The second-order valence-corrected chi connectivity index (χ2v) is 36.8. The fourth-order valence-electron chi connectivity index (χ4n) is 16.6. The average molecular weight is 1940 g/mol. The first-order valence-corrected chi connectivity index (χ1v) is 48.5. The van der Waals surface area contributed by atoms with Gasteiger partial charge < -0.3 is 92.1 Å². The lowest BCUT2D eigenvalue weighted by molar-refractivity contribution is 0.108. The third-order valence-electron chi connectivity index (χ3n) is 24.6. The van der Waals surface area contributed by atoms with Gasteiger partial charge in [-0.1, -0.05) is 60.7 Å². The number of rotatable bonds is 38. The van der Waals surface area contributed by atoms with E-state index in [9.17, 15) is 25.2 Å². The lowest BCUT2D eigenvalue weighted by Gasteiger charge is -2.13. The van der Waals surface area contributed by atoms with E-state index in [0.29, 0.717) is 133 Å². The minimum Gasteiger partial charge on any atom is -0.491 e. The highest BCUT2D eigenvalue weighted by Crippen LogP contribution is 2.43. The van der Waals surface area contributed by atoms with Crippen molar-refractivity contribution in [3.05, 3.63) is 250 Å². The SMILES string of the molecule is CNCC(O)COc1cccc(-c2nc(NCc3c(C)cc(C)[nH]c3=O)c3cnn(C4CC4)c3n2)c1.CNCC(O)COc1cccc(-c2nc(NCc3cccc4ccnn34)c3cnn(C4CC4)c3n2)c1.Cc1cccn2cc(CNc3nc(-c4cccc(OCC(O)CN)c4)nc4c3cnn4C3CC3)nc12.NCC(O)COc1cccc(-c2nc(NCc3cn4ccsc4n3)c3cnn(C4CC4)c3n2)c1. The smallest absolute Gasteiger partial charge is 0.253 e. The number of likely N-dealkylation sites (N-methyl/N-ethyl adjacent to an activating group) is 2. The summed E-state index contributed by atoms with van der Waals surface area (Å²) >= 11 is 1.60. The molecule has 23 rings (SSSR count). The summed E-state index contributed by atoms with van der Waals surface area (Å²) in [6.07, 6.45) is 23.3. The molecule has 4 atom stereocenters. The predicted molar refractivity (Wildman–Crippen MR) is 542 cm³/mol. The Morgan fingerprint density at radius 3 is 1.23 bits per heavy atom. The van der Waals surface area contributed by atoms with Crippen molar-refractivity contribution in [2.45, 2.75) is 147 Å². The Balaban J connectivity index is 0.000000116. The van der Waals surface area contributed by atoms with Gasteiger partial charge in [0.15, 0.2) is 50.8 Å². The Kier molecular flexibility index (Phi) is 28.1. The molecular weight excluding hydrogens is 1820 g/mol. The monoisotopic (exact) mass is 1930 g/mol. The zero-order valence-corrected chi connectivity index (χ0v) is 79.9. The number of aliphatic hydroxyl groups is 4. The van der Waals surface area contributed by atoms with E-state index in [1.807, 2.05) is 228 Å². The van der Waals surface area contributed by atoms with Crippen LogP contribution in [0.1, 0.15) is 115 Å². The molecule has 15 aromatic heterocycles. The van der Waals surface area contributed by atoms with E-state index in [4.69, 9.17) is 75.3 Å². The van der Waals surface area contributed by atoms with Crippen LogP contribution >= 0.6 is 11.3 Å². The number of fused-ring (bicyclic) bond motifs is 7. The van der Waals surface area contributed by atoms with Gasteiger partial charge in [-0.15, -0.1) is 11.3 Å². The van der Waals surface area contributed by atoms with Gasteiger partial charge in [0.25, 0.3) is 5.56 Å². The molecule has 0 bridgehead atoms. The predicted octanol–water partition coefficient (Wildman–Crippen LogP) is 11.7. The lowest BCUT2D eigenvalue weighted by atomic mass is 10.1. The minimum atomic E-state index is -0.714. The number of thiazole rings is 1. The molecule has 15 N–H and O–H groups in total. The first-order chi connectivity index (χ1) is 69.4. The number of aryl methyl sites for hydroxylation is 3. The van der Waals surface area contributed by atoms with Crippen molar-refractivity contribution >= 4 is 94.9 Å². The van der Waals surface area contributed by atoms with Crippen LogP contribution in [0.25, 0.3) is 106 Å². The number of ether oxygens (including phenoxy) is 4. The molecule has 41 heteroatoms. The lowest BCUT2D eigenvalue weighted by Crippen LogP contribution is -2.29. The Labute approximate surface area is 818 Å². The first-order valence-electron chi connectivity index (χ1n) is 47.6. The second kappa shape index (κ2) is 42.4. The number of benzene rings is 4. The number of aliphatic hydroxyl groups excluding tert-OH is 4. The van der Waals surface area contributed by atoms with Gasteiger partial charge in [0.05, 0.1) is 113 Å². The van der Waals surface area contributed by atoms with Gasteiger partial charge in [-0.2, -0.15) is 25.5 Å². The number of nitrogens with two attached hydrogens (primary N) is 2. The van der Waals surface area contributed by atoms with Gasteiger partial charge in [-0.05, 0) is 176 Å². The fraction of sp³-hybridized carbons (Fsp3) is 0.327. The number of H-pyrrole nitrogens is 1. The van der Waals surface area contributed by atoms with Crippen LogP contribution in [-0.2, 0) is 26.2 Å². The molecule has 730 valence electrons. The number of aromatic amines is 1. The van der Waals surface area contributed by atoms with Crippen molar-refractivity contribution in [3.63, 3.8) is 0 Å². The van der Waals surface area contributed by atoms with Crippen LogP contribution in [-0.4, -0.2) is 224 Å². The molecule has 0 saturated heterocycles.